The second-order valence-corrected chi connectivity index (χ2v) is 3.72. The molecule has 0 saturated carbocycles. The first-order valence-corrected chi connectivity index (χ1v) is 5.25. The number of hydrogen-bond donors (Lipinski definition) is 2. The first-order valence-electron chi connectivity index (χ1n) is 5.25. The monoisotopic (exact) mass is 225 g/mol. The number of nitrogens with one attached hydrogen (secondary N) is 1. The number of aryl methyl sites for hydroxylation is 1. The second-order valence-electron chi connectivity index (χ2n) is 3.72. The van der Waals surface area contributed by atoms with Crippen molar-refractivity contribution < 1.29 is 14.3 Å². The molecule has 2 N–H and O–H groups in total. The van der Waals surface area contributed by atoms with Crippen LogP contribution in [0.1, 0.15) is 30.5 Å². The molecule has 0 heterocycles. The van der Waals surface area contributed by atoms with Crippen molar-refractivity contribution in [1.82, 2.24) is 5.32 Å². The number of halogens is 1. The molecule has 0 spiro atoms. The van der Waals surface area contributed by atoms with Gasteiger partial charge in [-0.05, 0) is 30.7 Å². The number of carbonyl (C=O) groups is 1. The Morgan fingerprint density at radius 1 is 1.56 bits per heavy atom. The summed E-state index contributed by atoms with van der Waals surface area (Å²) in [6.07, 6.45) is -0.0453. The predicted octanol–water partition coefficient (Wildman–Crippen LogP) is 2.26. The van der Waals surface area contributed by atoms with Gasteiger partial charge in [-0.3, -0.25) is 4.79 Å². The number of carboxylic acid groups (broad SMARTS) is 1. The molecule has 0 aliphatic carbocycles. The highest BCUT2D eigenvalue weighted by Crippen LogP contribution is 2.19. The average molecular weight is 225 g/mol. The fraction of sp³-hybridized carbons (Fsp3) is 0.417. The van der Waals surface area contributed by atoms with Crippen molar-refractivity contribution in [2.24, 2.45) is 0 Å². The SMILES string of the molecule is CCNC(CC(=O)O)c1ccc(C)c(F)c1. The number of rotatable bonds is 5. The molecule has 16 heavy (non-hydrogen) atoms. The highest BCUT2D eigenvalue weighted by molar-refractivity contribution is 5.67. The lowest BCUT2D eigenvalue weighted by atomic mass is 10.0. The lowest BCUT2D eigenvalue weighted by Gasteiger charge is -2.16. The molecule has 3 nitrogen and oxygen atoms in total. The zero-order valence-electron chi connectivity index (χ0n) is 9.46. The molecule has 1 aromatic rings. The van der Waals surface area contributed by atoms with Gasteiger partial charge in [0.15, 0.2) is 0 Å². The summed E-state index contributed by atoms with van der Waals surface area (Å²) < 4.78 is 13.3. The Hall–Kier alpha value is -1.42. The molecule has 0 aromatic heterocycles. The number of benzene rings is 1. The summed E-state index contributed by atoms with van der Waals surface area (Å²) in [6, 6.07) is 4.48. The summed E-state index contributed by atoms with van der Waals surface area (Å²) >= 11 is 0. The molecule has 1 aromatic carbocycles. The minimum absolute atomic E-state index is 0.0453. The summed E-state index contributed by atoms with van der Waals surface area (Å²) in [5.41, 5.74) is 1.24. The number of hydrogen-bond acceptors (Lipinski definition) is 2. The molecule has 0 radical (unpaired) electrons. The topological polar surface area (TPSA) is 49.3 Å². The largest absolute Gasteiger partial charge is 0.481 e. The van der Waals surface area contributed by atoms with E-state index >= 15 is 0 Å². The zero-order chi connectivity index (χ0) is 12.1. The third kappa shape index (κ3) is 3.31. The summed E-state index contributed by atoms with van der Waals surface area (Å²) in [5, 5.41) is 11.8. The van der Waals surface area contributed by atoms with Gasteiger partial charge in [-0.1, -0.05) is 19.1 Å². The van der Waals surface area contributed by atoms with Gasteiger partial charge < -0.3 is 10.4 Å². The van der Waals surface area contributed by atoms with Gasteiger partial charge in [-0.25, -0.2) is 4.39 Å². The highest BCUT2D eigenvalue weighted by atomic mass is 19.1. The van der Waals surface area contributed by atoms with Crippen LogP contribution in [0.4, 0.5) is 4.39 Å². The third-order valence-corrected chi connectivity index (χ3v) is 2.43. The van der Waals surface area contributed by atoms with E-state index in [-0.39, 0.29) is 18.3 Å². The number of carboxylic acids is 1. The van der Waals surface area contributed by atoms with Gasteiger partial charge in [0.1, 0.15) is 5.82 Å². The van der Waals surface area contributed by atoms with Crippen LogP contribution in [0, 0.1) is 12.7 Å². The Morgan fingerprint density at radius 2 is 2.25 bits per heavy atom. The Bertz CT molecular complexity index is 379. The smallest absolute Gasteiger partial charge is 0.305 e. The van der Waals surface area contributed by atoms with E-state index < -0.39 is 5.97 Å². The van der Waals surface area contributed by atoms with Crippen LogP contribution in [-0.2, 0) is 4.79 Å². The van der Waals surface area contributed by atoms with Gasteiger partial charge in [0, 0.05) is 6.04 Å². The van der Waals surface area contributed by atoms with Crippen molar-refractivity contribution in [1.29, 1.82) is 0 Å². The van der Waals surface area contributed by atoms with Crippen LogP contribution in [0.2, 0.25) is 0 Å². The summed E-state index contributed by atoms with van der Waals surface area (Å²) in [6.45, 7) is 4.21. The lowest BCUT2D eigenvalue weighted by molar-refractivity contribution is -0.137. The van der Waals surface area contributed by atoms with E-state index in [1.165, 1.54) is 6.07 Å². The number of aliphatic carboxylic acids is 1. The van der Waals surface area contributed by atoms with E-state index in [4.69, 9.17) is 5.11 Å². The zero-order valence-corrected chi connectivity index (χ0v) is 9.46. The van der Waals surface area contributed by atoms with Crippen LogP contribution in [0.5, 0.6) is 0 Å². The maximum absolute atomic E-state index is 13.3. The highest BCUT2D eigenvalue weighted by Gasteiger charge is 2.15. The minimum atomic E-state index is -0.896. The van der Waals surface area contributed by atoms with Crippen LogP contribution in [-0.4, -0.2) is 17.6 Å². The van der Waals surface area contributed by atoms with Crippen LogP contribution in [0.3, 0.4) is 0 Å². The molecule has 0 aliphatic heterocycles. The van der Waals surface area contributed by atoms with Crippen molar-refractivity contribution in [3.63, 3.8) is 0 Å². The summed E-state index contributed by atoms with van der Waals surface area (Å²) in [5.74, 6) is -1.20. The van der Waals surface area contributed by atoms with Gasteiger partial charge in [0.25, 0.3) is 0 Å². The molecule has 88 valence electrons. The second kappa shape index (κ2) is 5.61. The van der Waals surface area contributed by atoms with Crippen molar-refractivity contribution in [3.8, 4) is 0 Å². The average Bonchev–Trinajstić information content (AvgIpc) is 2.21. The van der Waals surface area contributed by atoms with Gasteiger partial charge in [0.2, 0.25) is 0 Å². The standard InChI is InChI=1S/C12H16FNO2/c1-3-14-11(7-12(15)16)9-5-4-8(2)10(13)6-9/h4-6,11,14H,3,7H2,1-2H3,(H,15,16). The predicted molar refractivity (Wildman–Crippen MR) is 59.8 cm³/mol. The van der Waals surface area contributed by atoms with Crippen LogP contribution in [0.25, 0.3) is 0 Å². The molecule has 0 aliphatic rings. The Kier molecular flexibility index (Phi) is 4.43. The van der Waals surface area contributed by atoms with Gasteiger partial charge in [-0.15, -0.1) is 0 Å². The van der Waals surface area contributed by atoms with E-state index in [1.54, 1.807) is 19.1 Å². The maximum atomic E-state index is 13.3. The first kappa shape index (κ1) is 12.6. The molecular weight excluding hydrogens is 209 g/mol. The minimum Gasteiger partial charge on any atom is -0.481 e. The van der Waals surface area contributed by atoms with Crippen molar-refractivity contribution in [3.05, 3.63) is 35.1 Å². The third-order valence-electron chi connectivity index (χ3n) is 2.43. The quantitative estimate of drug-likeness (QED) is 0.808. The van der Waals surface area contributed by atoms with E-state index in [9.17, 15) is 9.18 Å². The van der Waals surface area contributed by atoms with Crippen LogP contribution in [0.15, 0.2) is 18.2 Å². The Labute approximate surface area is 94.3 Å². The molecule has 0 bridgehead atoms. The van der Waals surface area contributed by atoms with Crippen molar-refractivity contribution in [2.45, 2.75) is 26.3 Å². The van der Waals surface area contributed by atoms with Gasteiger partial charge in [0.05, 0.1) is 6.42 Å². The molecule has 1 rings (SSSR count). The Morgan fingerprint density at radius 3 is 2.75 bits per heavy atom. The molecule has 1 unspecified atom stereocenters. The van der Waals surface area contributed by atoms with Crippen LogP contribution < -0.4 is 5.32 Å². The first-order chi connectivity index (χ1) is 7.54. The van der Waals surface area contributed by atoms with Gasteiger partial charge >= 0.3 is 5.97 Å². The molecule has 0 fully saturated rings. The lowest BCUT2D eigenvalue weighted by Crippen LogP contribution is -2.23. The fourth-order valence-electron chi connectivity index (χ4n) is 1.55. The molecule has 0 saturated heterocycles. The molecule has 1 atom stereocenters. The maximum Gasteiger partial charge on any atom is 0.305 e. The molecule has 4 heteroatoms. The van der Waals surface area contributed by atoms with E-state index in [2.05, 4.69) is 5.32 Å². The molecule has 0 amide bonds. The van der Waals surface area contributed by atoms with Crippen molar-refractivity contribution in [2.75, 3.05) is 6.54 Å². The summed E-state index contributed by atoms with van der Waals surface area (Å²) in [7, 11) is 0. The van der Waals surface area contributed by atoms with E-state index in [0.29, 0.717) is 17.7 Å². The van der Waals surface area contributed by atoms with Crippen molar-refractivity contribution >= 4 is 5.97 Å². The van der Waals surface area contributed by atoms with Gasteiger partial charge in [-0.2, -0.15) is 0 Å². The normalized spacial score (nSPS) is 12.4. The molecular formula is C12H16FNO2. The van der Waals surface area contributed by atoms with E-state index in [1.807, 2.05) is 6.92 Å². The van der Waals surface area contributed by atoms with E-state index in [0.717, 1.165) is 0 Å². The van der Waals surface area contributed by atoms with Crippen LogP contribution >= 0.6 is 0 Å². The fourth-order valence-corrected chi connectivity index (χ4v) is 1.55. The summed E-state index contributed by atoms with van der Waals surface area (Å²) in [4.78, 5) is 10.7. The Balaban J connectivity index is 2.91.